The lowest BCUT2D eigenvalue weighted by Crippen LogP contribution is -2.60. The summed E-state index contributed by atoms with van der Waals surface area (Å²) in [6.45, 7) is 5.39. The van der Waals surface area contributed by atoms with E-state index in [9.17, 15) is 14.7 Å². The molecule has 2 saturated heterocycles. The zero-order valence-corrected chi connectivity index (χ0v) is 20.5. The number of carboxylic acid groups (broad SMARTS) is 1. The molecule has 9 nitrogen and oxygen atoms in total. The molecule has 2 atom stereocenters. The summed E-state index contributed by atoms with van der Waals surface area (Å²) in [5, 5.41) is 13.9. The summed E-state index contributed by atoms with van der Waals surface area (Å²) in [5.41, 5.74) is 1.74. The molecule has 0 bridgehead atoms. The topological polar surface area (TPSA) is 114 Å². The maximum atomic E-state index is 13.0. The highest BCUT2D eigenvalue weighted by molar-refractivity contribution is 7.22. The third kappa shape index (κ3) is 4.37. The predicted octanol–water partition coefficient (Wildman–Crippen LogP) is 3.41. The number of nitrogens with zero attached hydrogens (tertiary/aromatic N) is 4. The number of imidazole rings is 1. The molecule has 2 aliphatic rings. The minimum Gasteiger partial charge on any atom is -0.478 e. The van der Waals surface area contributed by atoms with E-state index in [0.717, 1.165) is 49.7 Å². The number of aromatic amines is 1. The van der Waals surface area contributed by atoms with Gasteiger partial charge in [-0.25, -0.2) is 14.8 Å². The van der Waals surface area contributed by atoms with Crippen LogP contribution in [0.2, 0.25) is 5.15 Å². The number of aromatic nitrogens is 3. The van der Waals surface area contributed by atoms with Crippen LogP contribution >= 0.6 is 22.9 Å². The summed E-state index contributed by atoms with van der Waals surface area (Å²) in [6, 6.07) is 5.30. The Balaban J connectivity index is 1.37. The van der Waals surface area contributed by atoms with Gasteiger partial charge in [0.05, 0.1) is 21.5 Å². The van der Waals surface area contributed by atoms with Crippen LogP contribution in [0.1, 0.15) is 52.9 Å². The number of carbonyl (C=O) groups is 2. The van der Waals surface area contributed by atoms with Crippen LogP contribution in [0, 0.1) is 0 Å². The Morgan fingerprint density at radius 3 is 2.76 bits per heavy atom. The van der Waals surface area contributed by atoms with Gasteiger partial charge in [0.25, 0.3) is 5.91 Å². The van der Waals surface area contributed by atoms with Crippen molar-refractivity contribution in [2.75, 3.05) is 31.1 Å². The lowest BCUT2D eigenvalue weighted by Gasteiger charge is -2.43. The van der Waals surface area contributed by atoms with Gasteiger partial charge in [0.15, 0.2) is 16.1 Å². The van der Waals surface area contributed by atoms with Gasteiger partial charge in [-0.2, -0.15) is 0 Å². The van der Waals surface area contributed by atoms with E-state index in [2.05, 4.69) is 25.1 Å². The molecule has 1 aromatic carbocycles. The number of carbonyl (C=O) groups excluding carboxylic acids is 1. The molecule has 0 radical (unpaired) electrons. The molecule has 5 rings (SSSR count). The number of carboxylic acids is 1. The van der Waals surface area contributed by atoms with Crippen molar-refractivity contribution in [3.63, 3.8) is 0 Å². The summed E-state index contributed by atoms with van der Waals surface area (Å²) in [5.74, 6) is -0.936. The molecule has 2 aliphatic heterocycles. The van der Waals surface area contributed by atoms with Gasteiger partial charge in [0.1, 0.15) is 0 Å². The number of amides is 1. The minimum atomic E-state index is -0.943. The second-order valence-corrected chi connectivity index (χ2v) is 10.1. The third-order valence-corrected chi connectivity index (χ3v) is 8.19. The number of hydrogen-bond donors (Lipinski definition) is 3. The number of fused-ring (bicyclic) bond motifs is 1. The van der Waals surface area contributed by atoms with Crippen molar-refractivity contribution in [1.82, 2.24) is 25.2 Å². The van der Waals surface area contributed by atoms with Gasteiger partial charge < -0.3 is 20.3 Å². The first-order valence-electron chi connectivity index (χ1n) is 11.6. The fourth-order valence-electron chi connectivity index (χ4n) is 4.92. The highest BCUT2D eigenvalue weighted by Crippen LogP contribution is 2.34. The highest BCUT2D eigenvalue weighted by atomic mass is 35.5. The first-order chi connectivity index (χ1) is 16.4. The summed E-state index contributed by atoms with van der Waals surface area (Å²) in [7, 11) is 0. The van der Waals surface area contributed by atoms with Gasteiger partial charge in [-0.15, -0.1) is 0 Å². The van der Waals surface area contributed by atoms with Crippen LogP contribution in [0.15, 0.2) is 18.2 Å². The van der Waals surface area contributed by atoms with Crippen molar-refractivity contribution in [2.24, 2.45) is 0 Å². The van der Waals surface area contributed by atoms with E-state index in [1.807, 2.05) is 13.0 Å². The molecule has 180 valence electrons. The van der Waals surface area contributed by atoms with E-state index in [4.69, 9.17) is 16.6 Å². The molecule has 0 aliphatic carbocycles. The predicted molar refractivity (Wildman–Crippen MR) is 132 cm³/mol. The molecular weight excluding hydrogens is 476 g/mol. The number of anilines is 1. The van der Waals surface area contributed by atoms with Gasteiger partial charge in [-0.3, -0.25) is 9.69 Å². The molecule has 2 fully saturated rings. The number of aryl methyl sites for hydroxylation is 1. The van der Waals surface area contributed by atoms with E-state index in [1.165, 1.54) is 11.3 Å². The Kier molecular flexibility index (Phi) is 6.46. The number of hydrogen-bond acceptors (Lipinski definition) is 7. The zero-order valence-electron chi connectivity index (χ0n) is 18.9. The Labute approximate surface area is 206 Å². The average molecular weight is 503 g/mol. The highest BCUT2D eigenvalue weighted by Gasteiger charge is 2.37. The van der Waals surface area contributed by atoms with E-state index in [0.29, 0.717) is 28.3 Å². The molecule has 0 spiro atoms. The Hall–Kier alpha value is -2.69. The van der Waals surface area contributed by atoms with E-state index >= 15 is 0 Å². The van der Waals surface area contributed by atoms with Gasteiger partial charge in [0, 0.05) is 25.2 Å². The van der Waals surface area contributed by atoms with Crippen molar-refractivity contribution < 1.29 is 14.7 Å². The quantitative estimate of drug-likeness (QED) is 0.473. The number of nitrogens with one attached hydrogen (secondary N) is 2. The molecule has 2 aromatic heterocycles. The Morgan fingerprint density at radius 1 is 1.26 bits per heavy atom. The number of H-pyrrole nitrogens is 1. The van der Waals surface area contributed by atoms with Gasteiger partial charge >= 0.3 is 5.97 Å². The van der Waals surface area contributed by atoms with Crippen LogP contribution in [0.4, 0.5) is 5.13 Å². The summed E-state index contributed by atoms with van der Waals surface area (Å²) in [6.07, 6.45) is 3.73. The molecule has 3 N–H and O–H groups in total. The first kappa shape index (κ1) is 23.1. The number of piperidine rings is 1. The summed E-state index contributed by atoms with van der Waals surface area (Å²) < 4.78 is 0.694. The van der Waals surface area contributed by atoms with Gasteiger partial charge in [-0.05, 0) is 50.9 Å². The number of rotatable bonds is 6. The van der Waals surface area contributed by atoms with Crippen molar-refractivity contribution in [1.29, 1.82) is 0 Å². The number of benzene rings is 1. The second-order valence-electron chi connectivity index (χ2n) is 8.79. The fourth-order valence-corrected chi connectivity index (χ4v) is 6.29. The summed E-state index contributed by atoms with van der Waals surface area (Å²) in [4.78, 5) is 41.2. The zero-order chi connectivity index (χ0) is 23.8. The third-order valence-electron chi connectivity index (χ3n) is 6.71. The monoisotopic (exact) mass is 502 g/mol. The minimum absolute atomic E-state index is 0.0280. The molecule has 34 heavy (non-hydrogen) atoms. The molecule has 1 amide bonds. The van der Waals surface area contributed by atoms with Crippen molar-refractivity contribution in [3.05, 3.63) is 40.4 Å². The van der Waals surface area contributed by atoms with Gasteiger partial charge in [-0.1, -0.05) is 35.9 Å². The molecule has 4 heterocycles. The normalized spacial score (nSPS) is 21.3. The van der Waals surface area contributed by atoms with Crippen LogP contribution < -0.4 is 10.2 Å². The van der Waals surface area contributed by atoms with Crippen LogP contribution in [-0.4, -0.2) is 75.1 Å². The largest absolute Gasteiger partial charge is 0.478 e. The number of likely N-dealkylation sites (tertiary alicyclic amines) is 1. The van der Waals surface area contributed by atoms with E-state index in [1.54, 1.807) is 12.1 Å². The first-order valence-corrected chi connectivity index (χ1v) is 12.8. The van der Waals surface area contributed by atoms with Crippen LogP contribution in [-0.2, 0) is 6.42 Å². The van der Waals surface area contributed by atoms with E-state index < -0.39 is 5.97 Å². The summed E-state index contributed by atoms with van der Waals surface area (Å²) >= 11 is 7.56. The van der Waals surface area contributed by atoms with Crippen molar-refractivity contribution >= 4 is 50.2 Å². The van der Waals surface area contributed by atoms with Crippen molar-refractivity contribution in [3.8, 4) is 0 Å². The SMILES string of the molecule is CCc1[nH]c(C(=O)N[C@@H]2CCN(c3nc4cccc(C(=O)O)c4s3)C[C@@H]2N2CCCC2)nc1Cl. The number of thiazole rings is 1. The maximum absolute atomic E-state index is 13.0. The molecule has 11 heteroatoms. The molecule has 0 saturated carbocycles. The molecular formula is C23H27ClN6O3S. The van der Waals surface area contributed by atoms with Gasteiger partial charge in [0.2, 0.25) is 0 Å². The fraction of sp³-hybridized carbons (Fsp3) is 0.478. The lowest BCUT2D eigenvalue weighted by atomic mass is 9.98. The van der Waals surface area contributed by atoms with Crippen LogP contribution in [0.5, 0.6) is 0 Å². The Bertz CT molecular complexity index is 1220. The van der Waals surface area contributed by atoms with E-state index in [-0.39, 0.29) is 29.4 Å². The standard InChI is InChI=1S/C23H27ClN6O3S/c1-2-14-19(24)28-20(25-14)21(31)26-15-8-11-30(12-17(15)29-9-3-4-10-29)23-27-16-7-5-6-13(22(32)33)18(16)34-23/h5-7,15,17H,2-4,8-12H2,1H3,(H,25,28)(H,26,31)(H,32,33)/t15-,17+/m1/s1. The molecule has 0 unspecified atom stereocenters. The lowest BCUT2D eigenvalue weighted by molar-refractivity contribution is 0.0698. The van der Waals surface area contributed by atoms with Crippen molar-refractivity contribution in [2.45, 2.75) is 44.7 Å². The Morgan fingerprint density at radius 2 is 2.06 bits per heavy atom. The number of halogens is 1. The maximum Gasteiger partial charge on any atom is 0.337 e. The van der Waals surface area contributed by atoms with Crippen LogP contribution in [0.25, 0.3) is 10.2 Å². The van der Waals surface area contributed by atoms with Crippen LogP contribution in [0.3, 0.4) is 0 Å². The second kappa shape index (κ2) is 9.52. The molecule has 3 aromatic rings. The number of aromatic carboxylic acids is 1. The smallest absolute Gasteiger partial charge is 0.337 e. The average Bonchev–Trinajstić information content (AvgIpc) is 3.58.